The van der Waals surface area contributed by atoms with Gasteiger partial charge in [-0.3, -0.25) is 4.79 Å². The summed E-state index contributed by atoms with van der Waals surface area (Å²) in [4.78, 5) is 10.4. The fraction of sp³-hybridized carbons (Fsp3) is 0.821. The van der Waals surface area contributed by atoms with Crippen LogP contribution in [0.25, 0.3) is 0 Å². The van der Waals surface area contributed by atoms with Crippen molar-refractivity contribution in [3.63, 3.8) is 0 Å². The average Bonchev–Trinajstić information content (AvgIpc) is 2.73. The van der Waals surface area contributed by atoms with Crippen molar-refractivity contribution in [2.24, 2.45) is 0 Å². The standard InChI is InChI=1S/C28H52O2/c1-2-3-4-5-6-7-8-9-10-11-12-13-14-15-16-17-18-19-20-21-22-23-24-25-26-27-28(29)30/h15-16,18-19H,2-14,17,20-27H2,1H3,(H,29,30). The number of carboxylic acid groups (broad SMARTS) is 1. The van der Waals surface area contributed by atoms with E-state index in [4.69, 9.17) is 5.11 Å². The third-order valence-corrected chi connectivity index (χ3v) is 5.84. The lowest BCUT2D eigenvalue weighted by molar-refractivity contribution is -0.137. The first kappa shape index (κ1) is 28.9. The highest BCUT2D eigenvalue weighted by molar-refractivity contribution is 5.66. The van der Waals surface area contributed by atoms with Gasteiger partial charge in [0.15, 0.2) is 0 Å². The molecule has 0 aromatic carbocycles. The molecule has 0 rings (SSSR count). The van der Waals surface area contributed by atoms with E-state index in [0.717, 1.165) is 19.3 Å². The molecule has 0 aliphatic rings. The Bertz CT molecular complexity index is 397. The van der Waals surface area contributed by atoms with Gasteiger partial charge in [0.25, 0.3) is 0 Å². The van der Waals surface area contributed by atoms with Crippen molar-refractivity contribution in [1.82, 2.24) is 0 Å². The molecule has 0 spiro atoms. The molecule has 0 unspecified atom stereocenters. The van der Waals surface area contributed by atoms with Crippen LogP contribution in [-0.2, 0) is 4.79 Å². The first-order valence-corrected chi connectivity index (χ1v) is 13.3. The highest BCUT2D eigenvalue weighted by atomic mass is 16.4. The lowest BCUT2D eigenvalue weighted by atomic mass is 10.0. The molecule has 1 N–H and O–H groups in total. The summed E-state index contributed by atoms with van der Waals surface area (Å²) in [6, 6.07) is 0. The van der Waals surface area contributed by atoms with Crippen molar-refractivity contribution < 1.29 is 9.90 Å². The van der Waals surface area contributed by atoms with Crippen LogP contribution in [0.2, 0.25) is 0 Å². The van der Waals surface area contributed by atoms with E-state index < -0.39 is 5.97 Å². The predicted octanol–water partition coefficient (Wildman–Crippen LogP) is 9.79. The normalized spacial score (nSPS) is 11.8. The van der Waals surface area contributed by atoms with Crippen LogP contribution >= 0.6 is 0 Å². The molecule has 0 aliphatic heterocycles. The second-order valence-electron chi connectivity index (χ2n) is 8.91. The second-order valence-corrected chi connectivity index (χ2v) is 8.91. The number of carbonyl (C=O) groups is 1. The largest absolute Gasteiger partial charge is 0.481 e. The Morgan fingerprint density at radius 3 is 1.30 bits per heavy atom. The molecule has 0 bridgehead atoms. The second kappa shape index (κ2) is 26.0. The summed E-state index contributed by atoms with van der Waals surface area (Å²) >= 11 is 0. The zero-order valence-corrected chi connectivity index (χ0v) is 20.2. The van der Waals surface area contributed by atoms with Gasteiger partial charge in [-0.15, -0.1) is 0 Å². The monoisotopic (exact) mass is 420 g/mol. The van der Waals surface area contributed by atoms with E-state index in [2.05, 4.69) is 31.2 Å². The van der Waals surface area contributed by atoms with Gasteiger partial charge in [0.1, 0.15) is 0 Å². The van der Waals surface area contributed by atoms with Gasteiger partial charge in [-0.2, -0.15) is 0 Å². The number of allylic oxidation sites excluding steroid dienone is 4. The maximum absolute atomic E-state index is 10.4. The number of unbranched alkanes of at least 4 members (excludes halogenated alkanes) is 18. The van der Waals surface area contributed by atoms with Crippen molar-refractivity contribution in [3.8, 4) is 0 Å². The molecule has 0 aromatic rings. The number of carboxylic acids is 1. The molecular weight excluding hydrogens is 368 g/mol. The fourth-order valence-electron chi connectivity index (χ4n) is 3.86. The summed E-state index contributed by atoms with van der Waals surface area (Å²) in [5.41, 5.74) is 0. The van der Waals surface area contributed by atoms with E-state index in [1.165, 1.54) is 116 Å². The summed E-state index contributed by atoms with van der Waals surface area (Å²) < 4.78 is 0. The van der Waals surface area contributed by atoms with E-state index in [-0.39, 0.29) is 0 Å². The van der Waals surface area contributed by atoms with Crippen LogP contribution in [-0.4, -0.2) is 11.1 Å². The molecule has 2 nitrogen and oxygen atoms in total. The van der Waals surface area contributed by atoms with Gasteiger partial charge < -0.3 is 5.11 Å². The topological polar surface area (TPSA) is 37.3 Å². The summed E-state index contributed by atoms with van der Waals surface area (Å²) in [7, 11) is 0. The Morgan fingerprint density at radius 1 is 0.533 bits per heavy atom. The van der Waals surface area contributed by atoms with Gasteiger partial charge in [-0.25, -0.2) is 0 Å². The fourth-order valence-corrected chi connectivity index (χ4v) is 3.86. The Hall–Kier alpha value is -1.05. The number of hydrogen-bond acceptors (Lipinski definition) is 1. The van der Waals surface area contributed by atoms with E-state index in [0.29, 0.717) is 6.42 Å². The highest BCUT2D eigenvalue weighted by Crippen LogP contribution is 2.13. The zero-order chi connectivity index (χ0) is 22.0. The van der Waals surface area contributed by atoms with E-state index in [9.17, 15) is 4.79 Å². The lowest BCUT2D eigenvalue weighted by Gasteiger charge is -2.02. The van der Waals surface area contributed by atoms with Gasteiger partial charge in [-0.05, 0) is 38.5 Å². The van der Waals surface area contributed by atoms with Gasteiger partial charge in [0.2, 0.25) is 0 Å². The molecule has 0 atom stereocenters. The molecule has 0 heterocycles. The Morgan fingerprint density at radius 2 is 0.900 bits per heavy atom. The molecule has 176 valence electrons. The molecule has 30 heavy (non-hydrogen) atoms. The van der Waals surface area contributed by atoms with E-state index >= 15 is 0 Å². The molecule has 0 fully saturated rings. The van der Waals surface area contributed by atoms with Gasteiger partial charge >= 0.3 is 5.97 Å². The minimum absolute atomic E-state index is 0.329. The lowest BCUT2D eigenvalue weighted by Crippen LogP contribution is -1.93. The minimum Gasteiger partial charge on any atom is -0.481 e. The smallest absolute Gasteiger partial charge is 0.303 e. The summed E-state index contributed by atoms with van der Waals surface area (Å²) in [6.07, 6.45) is 37.0. The molecule has 2 heteroatoms. The van der Waals surface area contributed by atoms with Gasteiger partial charge in [0.05, 0.1) is 0 Å². The quantitative estimate of drug-likeness (QED) is 0.125. The summed E-state index contributed by atoms with van der Waals surface area (Å²) in [5, 5.41) is 8.58. The van der Waals surface area contributed by atoms with Crippen LogP contribution in [0.15, 0.2) is 24.3 Å². The Kier molecular flexibility index (Phi) is 25.1. The SMILES string of the molecule is CCCCCCCCCCCCCCC=CCC=CCCCCCCCCC(=O)O. The van der Waals surface area contributed by atoms with Crippen LogP contribution in [0.4, 0.5) is 0 Å². The van der Waals surface area contributed by atoms with Gasteiger partial charge in [0, 0.05) is 6.42 Å². The van der Waals surface area contributed by atoms with Crippen molar-refractivity contribution in [1.29, 1.82) is 0 Å². The van der Waals surface area contributed by atoms with Gasteiger partial charge in [-0.1, -0.05) is 128 Å². The predicted molar refractivity (Wildman–Crippen MR) is 133 cm³/mol. The third kappa shape index (κ3) is 27.0. The minimum atomic E-state index is -0.664. The maximum Gasteiger partial charge on any atom is 0.303 e. The summed E-state index contributed by atoms with van der Waals surface area (Å²) in [5.74, 6) is -0.664. The number of aliphatic carboxylic acids is 1. The Balaban J connectivity index is 3.16. The maximum atomic E-state index is 10.4. The van der Waals surface area contributed by atoms with Crippen LogP contribution in [0.3, 0.4) is 0 Å². The zero-order valence-electron chi connectivity index (χ0n) is 20.2. The van der Waals surface area contributed by atoms with Crippen LogP contribution in [0.5, 0.6) is 0 Å². The summed E-state index contributed by atoms with van der Waals surface area (Å²) in [6.45, 7) is 2.29. The van der Waals surface area contributed by atoms with Crippen molar-refractivity contribution in [2.45, 2.75) is 148 Å². The molecular formula is C28H52O2. The van der Waals surface area contributed by atoms with Crippen LogP contribution in [0.1, 0.15) is 148 Å². The third-order valence-electron chi connectivity index (χ3n) is 5.84. The van der Waals surface area contributed by atoms with Crippen LogP contribution < -0.4 is 0 Å². The Labute approximate surface area is 188 Å². The molecule has 0 saturated heterocycles. The van der Waals surface area contributed by atoms with E-state index in [1.54, 1.807) is 0 Å². The highest BCUT2D eigenvalue weighted by Gasteiger charge is 1.96. The molecule has 0 amide bonds. The molecule has 0 radical (unpaired) electrons. The van der Waals surface area contributed by atoms with Crippen LogP contribution in [0, 0.1) is 0 Å². The molecule has 0 aromatic heterocycles. The van der Waals surface area contributed by atoms with Crippen molar-refractivity contribution in [3.05, 3.63) is 24.3 Å². The number of hydrogen-bond donors (Lipinski definition) is 1. The number of rotatable bonds is 24. The first-order chi connectivity index (χ1) is 14.8. The van der Waals surface area contributed by atoms with Crippen molar-refractivity contribution in [2.75, 3.05) is 0 Å². The first-order valence-electron chi connectivity index (χ1n) is 13.3. The molecule has 0 aliphatic carbocycles. The molecule has 0 saturated carbocycles. The van der Waals surface area contributed by atoms with Crippen molar-refractivity contribution >= 4 is 5.97 Å². The van der Waals surface area contributed by atoms with E-state index in [1.807, 2.05) is 0 Å². The average molecular weight is 421 g/mol.